The Bertz CT molecular complexity index is 339. The predicted octanol–water partition coefficient (Wildman–Crippen LogP) is 1.60. The second-order valence-electron chi connectivity index (χ2n) is 6.33. The van der Waals surface area contributed by atoms with E-state index < -0.39 is 17.7 Å². The molecule has 1 amide bonds. The van der Waals surface area contributed by atoms with Gasteiger partial charge in [-0.3, -0.25) is 4.79 Å². The van der Waals surface area contributed by atoms with Gasteiger partial charge in [0.05, 0.1) is 0 Å². The van der Waals surface area contributed by atoms with Gasteiger partial charge >= 0.3 is 12.1 Å². The van der Waals surface area contributed by atoms with Gasteiger partial charge < -0.3 is 20.5 Å². The Labute approximate surface area is 120 Å². The van der Waals surface area contributed by atoms with Gasteiger partial charge in [0.15, 0.2) is 0 Å². The van der Waals surface area contributed by atoms with Crippen molar-refractivity contribution in [1.82, 2.24) is 10.6 Å². The van der Waals surface area contributed by atoms with E-state index in [0.29, 0.717) is 6.54 Å². The Morgan fingerprint density at radius 3 is 2.40 bits per heavy atom. The largest absolute Gasteiger partial charge is 0.481 e. The number of hydrogen-bond donors (Lipinski definition) is 3. The number of carboxylic acids is 1. The van der Waals surface area contributed by atoms with Crippen molar-refractivity contribution < 1.29 is 19.4 Å². The van der Waals surface area contributed by atoms with Crippen LogP contribution < -0.4 is 10.6 Å². The van der Waals surface area contributed by atoms with Gasteiger partial charge in [-0.05, 0) is 58.5 Å². The van der Waals surface area contributed by atoms with Gasteiger partial charge in [-0.15, -0.1) is 0 Å². The third-order valence-electron chi connectivity index (χ3n) is 3.39. The summed E-state index contributed by atoms with van der Waals surface area (Å²) in [6, 6.07) is 0. The summed E-state index contributed by atoms with van der Waals surface area (Å²) in [7, 11) is 0. The van der Waals surface area contributed by atoms with Crippen LogP contribution in [0.25, 0.3) is 0 Å². The molecule has 20 heavy (non-hydrogen) atoms. The minimum absolute atomic E-state index is 0.0948. The number of carbonyl (C=O) groups is 2. The van der Waals surface area contributed by atoms with E-state index in [1.165, 1.54) is 0 Å². The zero-order valence-corrected chi connectivity index (χ0v) is 12.6. The minimum atomic E-state index is -0.779. The lowest BCUT2D eigenvalue weighted by Crippen LogP contribution is -2.37. The molecule has 0 aromatic rings. The Morgan fingerprint density at radius 1 is 1.25 bits per heavy atom. The van der Waals surface area contributed by atoms with E-state index in [1.54, 1.807) is 0 Å². The van der Waals surface area contributed by atoms with Gasteiger partial charge in [0, 0.05) is 13.0 Å². The van der Waals surface area contributed by atoms with Crippen LogP contribution in [0, 0.1) is 11.8 Å². The molecule has 1 fully saturated rings. The summed E-state index contributed by atoms with van der Waals surface area (Å²) in [6.07, 6.45) is 1.41. The molecule has 0 aromatic heterocycles. The number of aliphatic carboxylic acids is 1. The number of amides is 1. The van der Waals surface area contributed by atoms with Crippen LogP contribution in [0.1, 0.15) is 40.0 Å². The van der Waals surface area contributed by atoms with Crippen LogP contribution in [0.5, 0.6) is 0 Å². The van der Waals surface area contributed by atoms with Crippen LogP contribution in [0.3, 0.4) is 0 Å². The fourth-order valence-electron chi connectivity index (χ4n) is 2.46. The Hall–Kier alpha value is -1.30. The lowest BCUT2D eigenvalue weighted by molar-refractivity contribution is -0.138. The van der Waals surface area contributed by atoms with Crippen molar-refractivity contribution in [2.24, 2.45) is 11.8 Å². The normalized spacial score (nSPS) is 23.8. The molecular weight excluding hydrogens is 260 g/mol. The highest BCUT2D eigenvalue weighted by Crippen LogP contribution is 2.24. The van der Waals surface area contributed by atoms with Crippen LogP contribution in [0.15, 0.2) is 0 Å². The Balaban J connectivity index is 2.48. The summed E-state index contributed by atoms with van der Waals surface area (Å²) in [4.78, 5) is 22.6. The molecule has 0 spiro atoms. The summed E-state index contributed by atoms with van der Waals surface area (Å²) in [5.74, 6) is -0.509. The number of alkyl carbamates (subject to hydrolysis) is 1. The van der Waals surface area contributed by atoms with Crippen molar-refractivity contribution in [3.63, 3.8) is 0 Å². The molecule has 1 aliphatic rings. The third-order valence-corrected chi connectivity index (χ3v) is 3.39. The molecule has 0 bridgehead atoms. The summed E-state index contributed by atoms with van der Waals surface area (Å²) in [5.41, 5.74) is -0.518. The summed E-state index contributed by atoms with van der Waals surface area (Å²) in [5, 5.41) is 15.0. The summed E-state index contributed by atoms with van der Waals surface area (Å²) < 4.78 is 5.19. The van der Waals surface area contributed by atoms with Gasteiger partial charge in [0.2, 0.25) is 0 Å². The maximum atomic E-state index is 11.7. The minimum Gasteiger partial charge on any atom is -0.481 e. The maximum Gasteiger partial charge on any atom is 0.407 e. The van der Waals surface area contributed by atoms with Gasteiger partial charge in [-0.25, -0.2) is 4.79 Å². The van der Waals surface area contributed by atoms with E-state index in [4.69, 9.17) is 9.84 Å². The van der Waals surface area contributed by atoms with Gasteiger partial charge in [-0.2, -0.15) is 0 Å². The van der Waals surface area contributed by atoms with Crippen molar-refractivity contribution in [1.29, 1.82) is 0 Å². The lowest BCUT2D eigenvalue weighted by Gasteiger charge is -2.25. The maximum absolute atomic E-state index is 11.7. The molecule has 1 rings (SSSR count). The first-order valence-corrected chi connectivity index (χ1v) is 7.17. The van der Waals surface area contributed by atoms with Crippen LogP contribution >= 0.6 is 0 Å². The van der Waals surface area contributed by atoms with Crippen LogP contribution in [-0.4, -0.2) is 42.4 Å². The van der Waals surface area contributed by atoms with E-state index >= 15 is 0 Å². The van der Waals surface area contributed by atoms with Crippen LogP contribution in [0.2, 0.25) is 0 Å². The van der Waals surface area contributed by atoms with Crippen molar-refractivity contribution in [3.05, 3.63) is 0 Å². The molecule has 0 aromatic carbocycles. The zero-order valence-electron chi connectivity index (χ0n) is 12.6. The first-order chi connectivity index (χ1) is 9.28. The average Bonchev–Trinajstić information content (AvgIpc) is 2.49. The van der Waals surface area contributed by atoms with Crippen LogP contribution in [0.4, 0.5) is 4.79 Å². The van der Waals surface area contributed by atoms with Crippen molar-refractivity contribution >= 4 is 12.1 Å². The molecule has 1 saturated heterocycles. The highest BCUT2D eigenvalue weighted by atomic mass is 16.6. The number of carbonyl (C=O) groups excluding carboxylic acids is 1. The first kappa shape index (κ1) is 16.8. The molecule has 2 unspecified atom stereocenters. The second kappa shape index (κ2) is 7.47. The fraction of sp³-hybridized carbons (Fsp3) is 0.857. The quantitative estimate of drug-likeness (QED) is 0.730. The highest BCUT2D eigenvalue weighted by Gasteiger charge is 2.26. The molecule has 1 heterocycles. The fourth-order valence-corrected chi connectivity index (χ4v) is 2.46. The van der Waals surface area contributed by atoms with E-state index in [0.717, 1.165) is 25.9 Å². The molecule has 3 N–H and O–H groups in total. The molecule has 0 radical (unpaired) electrons. The average molecular weight is 286 g/mol. The van der Waals surface area contributed by atoms with Crippen LogP contribution in [-0.2, 0) is 9.53 Å². The van der Waals surface area contributed by atoms with Crippen molar-refractivity contribution in [2.45, 2.75) is 45.6 Å². The number of nitrogens with one attached hydrogen (secondary N) is 2. The molecular formula is C14H26N2O4. The molecule has 6 nitrogen and oxygen atoms in total. The summed E-state index contributed by atoms with van der Waals surface area (Å²) >= 11 is 0. The zero-order chi connectivity index (χ0) is 15.2. The second-order valence-corrected chi connectivity index (χ2v) is 6.33. The molecule has 2 atom stereocenters. The van der Waals surface area contributed by atoms with Crippen molar-refractivity contribution in [2.75, 3.05) is 19.6 Å². The molecule has 0 aliphatic carbocycles. The monoisotopic (exact) mass is 286 g/mol. The van der Waals surface area contributed by atoms with Gasteiger partial charge in [0.25, 0.3) is 0 Å². The first-order valence-electron chi connectivity index (χ1n) is 7.17. The SMILES string of the molecule is CC(C)(C)OC(=O)NCC1CCNCCC1CC(=O)O. The summed E-state index contributed by atoms with van der Waals surface area (Å²) in [6.45, 7) is 7.60. The Kier molecular flexibility index (Phi) is 6.26. The standard InChI is InChI=1S/C14H26N2O4/c1-14(2,3)20-13(19)16-9-11-5-7-15-6-4-10(11)8-12(17)18/h10-11,15H,4-9H2,1-3H3,(H,16,19)(H,17,18). The van der Waals surface area contributed by atoms with Gasteiger partial charge in [0.1, 0.15) is 5.60 Å². The number of hydrogen-bond acceptors (Lipinski definition) is 4. The third kappa shape index (κ3) is 6.75. The van der Waals surface area contributed by atoms with E-state index in [9.17, 15) is 9.59 Å². The molecule has 1 aliphatic heterocycles. The molecule has 0 saturated carbocycles. The topological polar surface area (TPSA) is 87.7 Å². The smallest absolute Gasteiger partial charge is 0.407 e. The molecule has 6 heteroatoms. The number of ether oxygens (including phenoxy) is 1. The number of carboxylic acid groups (broad SMARTS) is 1. The highest BCUT2D eigenvalue weighted by molar-refractivity contribution is 5.68. The van der Waals surface area contributed by atoms with Crippen molar-refractivity contribution in [3.8, 4) is 0 Å². The lowest BCUT2D eigenvalue weighted by atomic mass is 9.85. The van der Waals surface area contributed by atoms with E-state index in [1.807, 2.05) is 20.8 Å². The number of rotatable bonds is 4. The Morgan fingerprint density at radius 2 is 1.85 bits per heavy atom. The predicted molar refractivity (Wildman–Crippen MR) is 75.6 cm³/mol. The van der Waals surface area contributed by atoms with E-state index in [-0.39, 0.29) is 18.3 Å². The van der Waals surface area contributed by atoms with Gasteiger partial charge in [-0.1, -0.05) is 0 Å². The van der Waals surface area contributed by atoms with E-state index in [2.05, 4.69) is 10.6 Å². The molecule has 116 valence electrons.